The summed E-state index contributed by atoms with van der Waals surface area (Å²) in [6.45, 7) is 2.08. The molecule has 0 radical (unpaired) electrons. The van der Waals surface area contributed by atoms with Gasteiger partial charge in [0.2, 0.25) is 0 Å². The molecule has 84 valence electrons. The zero-order chi connectivity index (χ0) is 11.5. The smallest absolute Gasteiger partial charge is 0.143 e. The van der Waals surface area contributed by atoms with E-state index in [2.05, 4.69) is 44.8 Å². The molecule has 2 heterocycles. The number of nitrogens with zero attached hydrogens (tertiary/aromatic N) is 2. The molecule has 0 aliphatic heterocycles. The molecule has 1 atom stereocenters. The summed E-state index contributed by atoms with van der Waals surface area (Å²) >= 11 is 9.69. The van der Waals surface area contributed by atoms with Crippen molar-refractivity contribution in [3.63, 3.8) is 0 Å². The highest BCUT2D eigenvalue weighted by molar-refractivity contribution is 14.1. The number of anilines is 1. The second-order valence-corrected chi connectivity index (χ2v) is 6.14. The predicted molar refractivity (Wildman–Crippen MR) is 76.1 cm³/mol. The zero-order valence-corrected chi connectivity index (χ0v) is 12.2. The van der Waals surface area contributed by atoms with Gasteiger partial charge in [-0.15, -0.1) is 11.3 Å². The van der Waals surface area contributed by atoms with Gasteiger partial charge in [-0.1, -0.05) is 11.6 Å². The molecule has 3 nitrogen and oxygen atoms in total. The lowest BCUT2D eigenvalue weighted by atomic mass is 10.3. The number of hydrogen-bond donors (Lipinski definition) is 1. The van der Waals surface area contributed by atoms with Gasteiger partial charge in [-0.2, -0.15) is 0 Å². The van der Waals surface area contributed by atoms with Crippen LogP contribution in [0.3, 0.4) is 0 Å². The van der Waals surface area contributed by atoms with Gasteiger partial charge in [0.1, 0.15) is 12.1 Å². The topological polar surface area (TPSA) is 37.8 Å². The van der Waals surface area contributed by atoms with E-state index >= 15 is 0 Å². The van der Waals surface area contributed by atoms with Crippen LogP contribution in [0.25, 0.3) is 0 Å². The Labute approximate surface area is 116 Å². The first-order chi connectivity index (χ1) is 7.66. The number of hydrogen-bond acceptors (Lipinski definition) is 4. The molecule has 16 heavy (non-hydrogen) atoms. The molecular weight excluding hydrogens is 357 g/mol. The highest BCUT2D eigenvalue weighted by atomic mass is 127. The third kappa shape index (κ3) is 2.83. The highest BCUT2D eigenvalue weighted by Crippen LogP contribution is 2.29. The van der Waals surface area contributed by atoms with Crippen molar-refractivity contribution < 1.29 is 0 Å². The average Bonchev–Trinajstić information content (AvgIpc) is 2.68. The van der Waals surface area contributed by atoms with E-state index in [1.54, 1.807) is 23.9 Å². The molecule has 1 unspecified atom stereocenters. The molecule has 6 heteroatoms. The minimum absolute atomic E-state index is 0.195. The minimum Gasteiger partial charge on any atom is -0.362 e. The van der Waals surface area contributed by atoms with Crippen molar-refractivity contribution >= 4 is 51.3 Å². The van der Waals surface area contributed by atoms with Crippen LogP contribution in [0, 0.1) is 3.57 Å². The first-order valence-corrected chi connectivity index (χ1v) is 6.91. The summed E-state index contributed by atoms with van der Waals surface area (Å²) in [5, 5.41) is 3.33. The van der Waals surface area contributed by atoms with Gasteiger partial charge in [0.15, 0.2) is 0 Å². The van der Waals surface area contributed by atoms with Crippen molar-refractivity contribution in [3.8, 4) is 0 Å². The van der Waals surface area contributed by atoms with Crippen molar-refractivity contribution in [1.82, 2.24) is 9.97 Å². The number of nitrogens with one attached hydrogen (secondary N) is 1. The molecule has 2 rings (SSSR count). The van der Waals surface area contributed by atoms with Crippen molar-refractivity contribution in [3.05, 3.63) is 37.4 Å². The van der Waals surface area contributed by atoms with Gasteiger partial charge in [0.05, 0.1) is 13.9 Å². The lowest BCUT2D eigenvalue weighted by molar-refractivity contribution is 0.890. The molecule has 0 aromatic carbocycles. The maximum atomic E-state index is 5.90. The summed E-state index contributed by atoms with van der Waals surface area (Å²) < 4.78 is 1.82. The van der Waals surface area contributed by atoms with E-state index in [0.717, 1.165) is 13.7 Å². The first-order valence-electron chi connectivity index (χ1n) is 4.64. The van der Waals surface area contributed by atoms with Crippen LogP contribution < -0.4 is 5.32 Å². The van der Waals surface area contributed by atoms with Gasteiger partial charge in [-0.25, -0.2) is 9.97 Å². The summed E-state index contributed by atoms with van der Waals surface area (Å²) in [5.74, 6) is 0.854. The van der Waals surface area contributed by atoms with Gasteiger partial charge >= 0.3 is 0 Å². The van der Waals surface area contributed by atoms with E-state index in [1.807, 2.05) is 12.1 Å². The number of rotatable bonds is 3. The third-order valence-electron chi connectivity index (χ3n) is 2.04. The number of aromatic nitrogens is 2. The molecule has 0 fully saturated rings. The van der Waals surface area contributed by atoms with Crippen LogP contribution in [0.15, 0.2) is 24.7 Å². The average molecular weight is 366 g/mol. The Balaban J connectivity index is 2.13. The van der Waals surface area contributed by atoms with Crippen molar-refractivity contribution in [1.29, 1.82) is 0 Å². The van der Waals surface area contributed by atoms with Gasteiger partial charge in [0, 0.05) is 11.1 Å². The lowest BCUT2D eigenvalue weighted by Crippen LogP contribution is -2.07. The summed E-state index contributed by atoms with van der Waals surface area (Å²) in [6, 6.07) is 4.13. The number of halogens is 2. The zero-order valence-electron chi connectivity index (χ0n) is 8.45. The maximum Gasteiger partial charge on any atom is 0.143 e. The third-order valence-corrected chi connectivity index (χ3v) is 4.24. The van der Waals surface area contributed by atoms with Gasteiger partial charge < -0.3 is 5.32 Å². The van der Waals surface area contributed by atoms with Gasteiger partial charge in [0.25, 0.3) is 0 Å². The fourth-order valence-electron chi connectivity index (χ4n) is 1.26. The molecule has 0 aliphatic carbocycles. The van der Waals surface area contributed by atoms with E-state index in [1.165, 1.54) is 4.88 Å². The Bertz CT molecular complexity index is 488. The van der Waals surface area contributed by atoms with Crippen LogP contribution in [0.4, 0.5) is 5.82 Å². The Kier molecular flexibility index (Phi) is 3.99. The molecule has 2 aromatic rings. The van der Waals surface area contributed by atoms with E-state index in [0.29, 0.717) is 0 Å². The molecule has 0 bridgehead atoms. The van der Waals surface area contributed by atoms with Crippen LogP contribution in [0.2, 0.25) is 4.34 Å². The largest absolute Gasteiger partial charge is 0.362 e. The molecule has 0 saturated carbocycles. The normalized spacial score (nSPS) is 12.4. The summed E-state index contributed by atoms with van der Waals surface area (Å²) in [5.41, 5.74) is 0. The van der Waals surface area contributed by atoms with Crippen LogP contribution in [0.1, 0.15) is 17.8 Å². The molecule has 1 N–H and O–H groups in total. The maximum absolute atomic E-state index is 5.90. The van der Waals surface area contributed by atoms with Crippen molar-refractivity contribution in [2.45, 2.75) is 13.0 Å². The molecule has 0 spiro atoms. The van der Waals surface area contributed by atoms with Crippen LogP contribution in [0.5, 0.6) is 0 Å². The first kappa shape index (κ1) is 12.1. The van der Waals surface area contributed by atoms with E-state index in [-0.39, 0.29) is 6.04 Å². The Morgan fingerprint density at radius 1 is 1.50 bits per heavy atom. The molecule has 0 aliphatic rings. The standard InChI is InChI=1S/C10H9ClIN3S/c1-6(8-2-3-9(11)16-8)15-10-7(12)4-13-5-14-10/h2-6H,1H3,(H,13,14,15). The van der Waals surface area contributed by atoms with Crippen LogP contribution >= 0.6 is 45.5 Å². The Morgan fingerprint density at radius 3 is 2.94 bits per heavy atom. The van der Waals surface area contributed by atoms with E-state index in [4.69, 9.17) is 11.6 Å². The summed E-state index contributed by atoms with van der Waals surface area (Å²) in [4.78, 5) is 9.34. The second kappa shape index (κ2) is 5.29. The molecule has 2 aromatic heterocycles. The Morgan fingerprint density at radius 2 is 2.31 bits per heavy atom. The predicted octanol–water partition coefficient (Wildman–Crippen LogP) is 3.97. The molecule has 0 amide bonds. The second-order valence-electron chi connectivity index (χ2n) is 3.23. The fourth-order valence-corrected chi connectivity index (χ4v) is 2.78. The van der Waals surface area contributed by atoms with Gasteiger partial charge in [-0.05, 0) is 41.6 Å². The quantitative estimate of drug-likeness (QED) is 0.836. The van der Waals surface area contributed by atoms with Crippen molar-refractivity contribution in [2.24, 2.45) is 0 Å². The highest BCUT2D eigenvalue weighted by Gasteiger charge is 2.10. The molecule has 0 saturated heterocycles. The molecular formula is C10H9ClIN3S. The minimum atomic E-state index is 0.195. The fraction of sp³-hybridized carbons (Fsp3) is 0.200. The SMILES string of the molecule is CC(Nc1ncncc1I)c1ccc(Cl)s1. The monoisotopic (exact) mass is 365 g/mol. The van der Waals surface area contributed by atoms with Gasteiger partial charge in [-0.3, -0.25) is 0 Å². The Hall–Kier alpha value is -0.400. The van der Waals surface area contributed by atoms with Crippen LogP contribution in [-0.4, -0.2) is 9.97 Å². The summed E-state index contributed by atoms with van der Waals surface area (Å²) in [6.07, 6.45) is 3.32. The van der Waals surface area contributed by atoms with E-state index in [9.17, 15) is 0 Å². The van der Waals surface area contributed by atoms with Crippen molar-refractivity contribution in [2.75, 3.05) is 5.32 Å². The lowest BCUT2D eigenvalue weighted by Gasteiger charge is -2.13. The summed E-state index contributed by atoms with van der Waals surface area (Å²) in [7, 11) is 0. The van der Waals surface area contributed by atoms with E-state index < -0.39 is 0 Å². The van der Waals surface area contributed by atoms with Crippen LogP contribution in [-0.2, 0) is 0 Å². The number of thiophene rings is 1.